The molecule has 0 bridgehead atoms. The molecule has 0 radical (unpaired) electrons. The van der Waals surface area contributed by atoms with Gasteiger partial charge in [0.05, 0.1) is 22.9 Å². The highest BCUT2D eigenvalue weighted by atomic mass is 32.2. The molecule has 1 N–H and O–H groups in total. The molecule has 1 amide bonds. The number of nitrogens with zero attached hydrogens (tertiary/aromatic N) is 1. The molecule has 0 aliphatic heterocycles. The van der Waals surface area contributed by atoms with E-state index in [1.165, 1.54) is 19.2 Å². The Kier molecular flexibility index (Phi) is 7.49. The summed E-state index contributed by atoms with van der Waals surface area (Å²) in [6, 6.07) is 12.5. The fourth-order valence-electron chi connectivity index (χ4n) is 2.70. The van der Waals surface area contributed by atoms with Crippen LogP contribution < -0.4 is 14.4 Å². The lowest BCUT2D eigenvalue weighted by Crippen LogP contribution is -2.32. The Morgan fingerprint density at radius 3 is 2.03 bits per heavy atom. The monoisotopic (exact) mass is 454 g/mol. The number of ether oxygens (including phenoxy) is 1. The Morgan fingerprint density at radius 2 is 1.57 bits per heavy atom. The lowest BCUT2D eigenvalue weighted by molar-refractivity contribution is -0.123. The van der Waals surface area contributed by atoms with E-state index in [9.17, 15) is 21.6 Å². The Balaban J connectivity index is 1.96. The van der Waals surface area contributed by atoms with Crippen molar-refractivity contribution in [2.45, 2.75) is 24.3 Å². The van der Waals surface area contributed by atoms with E-state index in [1.807, 2.05) is 6.92 Å². The molecule has 0 fully saturated rings. The summed E-state index contributed by atoms with van der Waals surface area (Å²) in [4.78, 5) is 12.5. The zero-order valence-electron chi connectivity index (χ0n) is 17.3. The van der Waals surface area contributed by atoms with Crippen molar-refractivity contribution in [3.8, 4) is 5.75 Å². The third kappa shape index (κ3) is 6.46. The van der Waals surface area contributed by atoms with Gasteiger partial charge in [0.1, 0.15) is 5.75 Å². The Hall–Kier alpha value is -2.59. The molecule has 1 atom stereocenters. The van der Waals surface area contributed by atoms with Crippen molar-refractivity contribution in [2.24, 2.45) is 0 Å². The van der Waals surface area contributed by atoms with Crippen LogP contribution in [0.5, 0.6) is 5.75 Å². The van der Waals surface area contributed by atoms with Crippen LogP contribution in [0.3, 0.4) is 0 Å². The standard InChI is InChI=1S/C20H26N2O6S2/c1-5-19(15-6-12-18(13-7-15)29(3,24)25)21-20(23)14-28-17-10-8-16(9-11-17)22(2)30(4,26)27/h6-13,19H,5,14H2,1-4H3,(H,21,23). The number of amides is 1. The van der Waals surface area contributed by atoms with Gasteiger partial charge in [-0.25, -0.2) is 16.8 Å². The Labute approximate surface area is 177 Å². The van der Waals surface area contributed by atoms with Crippen LogP contribution in [0.1, 0.15) is 24.9 Å². The summed E-state index contributed by atoms with van der Waals surface area (Å²) in [7, 11) is -5.18. The van der Waals surface area contributed by atoms with E-state index < -0.39 is 19.9 Å². The molecule has 1 unspecified atom stereocenters. The molecule has 0 aromatic heterocycles. The van der Waals surface area contributed by atoms with E-state index in [-0.39, 0.29) is 23.5 Å². The molecule has 0 saturated heterocycles. The van der Waals surface area contributed by atoms with Crippen molar-refractivity contribution >= 4 is 31.5 Å². The lowest BCUT2D eigenvalue weighted by Gasteiger charge is -2.18. The average Bonchev–Trinajstić information content (AvgIpc) is 2.69. The second-order valence-corrected chi connectivity index (χ2v) is 10.9. The van der Waals surface area contributed by atoms with Gasteiger partial charge in [-0.05, 0) is 48.4 Å². The Bertz CT molecular complexity index is 1080. The molecular formula is C20H26N2O6S2. The number of carbonyl (C=O) groups excluding carboxylic acids is 1. The first-order valence-electron chi connectivity index (χ1n) is 9.18. The second-order valence-electron chi connectivity index (χ2n) is 6.88. The quantitative estimate of drug-likeness (QED) is 0.622. The third-order valence-corrected chi connectivity index (χ3v) is 6.86. The van der Waals surface area contributed by atoms with Gasteiger partial charge in [0, 0.05) is 13.3 Å². The molecule has 0 aliphatic carbocycles. The van der Waals surface area contributed by atoms with Crippen LogP contribution in [0.25, 0.3) is 0 Å². The van der Waals surface area contributed by atoms with Crippen LogP contribution in [-0.2, 0) is 24.7 Å². The van der Waals surface area contributed by atoms with Crippen LogP contribution >= 0.6 is 0 Å². The summed E-state index contributed by atoms with van der Waals surface area (Å²) in [6.45, 7) is 1.70. The summed E-state index contributed by atoms with van der Waals surface area (Å²) < 4.78 is 52.9. The summed E-state index contributed by atoms with van der Waals surface area (Å²) in [5.41, 5.74) is 1.28. The van der Waals surface area contributed by atoms with Crippen LogP contribution in [0, 0.1) is 0 Å². The minimum absolute atomic E-state index is 0.209. The molecule has 30 heavy (non-hydrogen) atoms. The number of sulfonamides is 1. The number of benzene rings is 2. The van der Waals surface area contributed by atoms with E-state index in [1.54, 1.807) is 36.4 Å². The number of carbonyl (C=O) groups is 1. The first kappa shape index (κ1) is 23.7. The van der Waals surface area contributed by atoms with Crippen LogP contribution in [0.15, 0.2) is 53.4 Å². The van der Waals surface area contributed by atoms with E-state index in [0.717, 1.165) is 22.4 Å². The molecule has 2 aromatic rings. The van der Waals surface area contributed by atoms with E-state index in [2.05, 4.69) is 5.32 Å². The zero-order valence-corrected chi connectivity index (χ0v) is 19.0. The lowest BCUT2D eigenvalue weighted by atomic mass is 10.0. The first-order chi connectivity index (χ1) is 13.9. The molecular weight excluding hydrogens is 428 g/mol. The molecule has 10 heteroatoms. The number of nitrogens with one attached hydrogen (secondary N) is 1. The molecule has 0 saturated carbocycles. The summed E-state index contributed by atoms with van der Waals surface area (Å²) in [5.74, 6) is 0.104. The normalized spacial score (nSPS) is 12.8. The van der Waals surface area contributed by atoms with Gasteiger partial charge in [-0.1, -0.05) is 19.1 Å². The highest BCUT2D eigenvalue weighted by Crippen LogP contribution is 2.21. The molecule has 2 rings (SSSR count). The van der Waals surface area contributed by atoms with Gasteiger partial charge in [0.2, 0.25) is 10.0 Å². The predicted octanol–water partition coefficient (Wildman–Crippen LogP) is 2.13. The van der Waals surface area contributed by atoms with Gasteiger partial charge in [0.15, 0.2) is 16.4 Å². The van der Waals surface area contributed by atoms with E-state index >= 15 is 0 Å². The van der Waals surface area contributed by atoms with Crippen molar-refractivity contribution in [2.75, 3.05) is 30.5 Å². The van der Waals surface area contributed by atoms with Crippen LogP contribution in [-0.4, -0.2) is 48.9 Å². The van der Waals surface area contributed by atoms with Crippen molar-refractivity contribution in [1.82, 2.24) is 5.32 Å². The summed E-state index contributed by atoms with van der Waals surface area (Å²) >= 11 is 0. The van der Waals surface area contributed by atoms with Gasteiger partial charge in [0.25, 0.3) is 5.91 Å². The molecule has 164 valence electrons. The average molecular weight is 455 g/mol. The minimum Gasteiger partial charge on any atom is -0.484 e. The zero-order chi connectivity index (χ0) is 22.5. The van der Waals surface area contributed by atoms with Crippen molar-refractivity contribution < 1.29 is 26.4 Å². The molecule has 0 aliphatic rings. The number of anilines is 1. The second kappa shape index (κ2) is 9.48. The van der Waals surface area contributed by atoms with E-state index in [0.29, 0.717) is 17.9 Å². The summed E-state index contributed by atoms with van der Waals surface area (Å²) in [5, 5.41) is 2.86. The highest BCUT2D eigenvalue weighted by molar-refractivity contribution is 7.92. The number of hydrogen-bond donors (Lipinski definition) is 1. The maximum Gasteiger partial charge on any atom is 0.258 e. The Morgan fingerprint density at radius 1 is 1.00 bits per heavy atom. The van der Waals surface area contributed by atoms with Crippen molar-refractivity contribution in [3.63, 3.8) is 0 Å². The smallest absolute Gasteiger partial charge is 0.258 e. The fraction of sp³-hybridized carbons (Fsp3) is 0.350. The first-order valence-corrected chi connectivity index (χ1v) is 12.9. The van der Waals surface area contributed by atoms with Gasteiger partial charge in [-0.2, -0.15) is 0 Å². The van der Waals surface area contributed by atoms with Gasteiger partial charge in [-0.3, -0.25) is 9.10 Å². The molecule has 0 heterocycles. The maximum atomic E-state index is 12.3. The van der Waals surface area contributed by atoms with Crippen molar-refractivity contribution in [3.05, 3.63) is 54.1 Å². The fourth-order valence-corrected chi connectivity index (χ4v) is 3.83. The highest BCUT2D eigenvalue weighted by Gasteiger charge is 2.15. The molecule has 2 aromatic carbocycles. The van der Waals surface area contributed by atoms with Crippen LogP contribution in [0.2, 0.25) is 0 Å². The topological polar surface area (TPSA) is 110 Å². The molecule has 8 nitrogen and oxygen atoms in total. The maximum absolute atomic E-state index is 12.3. The van der Waals surface area contributed by atoms with E-state index in [4.69, 9.17) is 4.74 Å². The number of hydrogen-bond acceptors (Lipinski definition) is 6. The molecule has 0 spiro atoms. The SMILES string of the molecule is CCC(NC(=O)COc1ccc(N(C)S(C)(=O)=O)cc1)c1ccc(S(C)(=O)=O)cc1. The number of sulfone groups is 1. The largest absolute Gasteiger partial charge is 0.484 e. The number of rotatable bonds is 9. The van der Waals surface area contributed by atoms with Gasteiger partial charge < -0.3 is 10.1 Å². The predicted molar refractivity (Wildman–Crippen MR) is 116 cm³/mol. The van der Waals surface area contributed by atoms with Crippen LogP contribution in [0.4, 0.5) is 5.69 Å². The van der Waals surface area contributed by atoms with Gasteiger partial charge >= 0.3 is 0 Å². The van der Waals surface area contributed by atoms with Crippen molar-refractivity contribution in [1.29, 1.82) is 0 Å². The third-order valence-electron chi connectivity index (χ3n) is 4.52. The minimum atomic E-state index is -3.35. The van der Waals surface area contributed by atoms with Gasteiger partial charge in [-0.15, -0.1) is 0 Å². The summed E-state index contributed by atoms with van der Waals surface area (Å²) in [6.07, 6.45) is 2.88.